The molecule has 1 N–H and O–H groups in total. The Labute approximate surface area is 192 Å². The summed E-state index contributed by atoms with van der Waals surface area (Å²) in [6.45, 7) is 0. The largest absolute Gasteiger partial charge is 0.508 e. The van der Waals surface area contributed by atoms with Crippen LogP contribution in [0.25, 0.3) is 15.7 Å². The Morgan fingerprint density at radius 1 is 1.12 bits per heavy atom. The lowest BCUT2D eigenvalue weighted by Gasteiger charge is -2.42. The van der Waals surface area contributed by atoms with Gasteiger partial charge in [0.25, 0.3) is 11.5 Å². The third kappa shape index (κ3) is 3.43. The summed E-state index contributed by atoms with van der Waals surface area (Å²) in [5.41, 5.74) is -2.24. The van der Waals surface area contributed by atoms with Crippen molar-refractivity contribution in [2.45, 2.75) is 43.1 Å². The number of nitrogens with zero attached hydrogens (tertiary/aromatic N) is 1. The van der Waals surface area contributed by atoms with E-state index in [0.29, 0.717) is 19.3 Å². The first-order valence-corrected chi connectivity index (χ1v) is 11.5. The van der Waals surface area contributed by atoms with Crippen molar-refractivity contribution < 1.29 is 27.8 Å². The Kier molecular flexibility index (Phi) is 5.25. The number of fused-ring (bicyclic) bond motifs is 3. The highest BCUT2D eigenvalue weighted by Crippen LogP contribution is 2.48. The SMILES string of the molecule is CO[C@@](C(=O)N1[C@H]2CC[C@@H]1C=C(c1cc3cc(O)ccc3s1)C2)(c1ccccc1)C(F)(F)F. The van der Waals surface area contributed by atoms with Crippen molar-refractivity contribution >= 4 is 32.9 Å². The molecule has 2 bridgehead atoms. The van der Waals surface area contributed by atoms with Gasteiger partial charge in [0.2, 0.25) is 0 Å². The maximum Gasteiger partial charge on any atom is 0.430 e. The molecule has 2 aliphatic heterocycles. The van der Waals surface area contributed by atoms with Gasteiger partial charge in [0.05, 0.1) is 6.04 Å². The van der Waals surface area contributed by atoms with E-state index in [1.54, 1.807) is 29.5 Å². The van der Waals surface area contributed by atoms with Crippen molar-refractivity contribution in [1.29, 1.82) is 0 Å². The van der Waals surface area contributed by atoms with Crippen LogP contribution in [-0.2, 0) is 15.1 Å². The van der Waals surface area contributed by atoms with Crippen LogP contribution >= 0.6 is 11.3 Å². The van der Waals surface area contributed by atoms with Crippen LogP contribution in [0.5, 0.6) is 5.75 Å². The molecule has 0 radical (unpaired) electrons. The zero-order chi connectivity index (χ0) is 23.4. The molecule has 5 rings (SSSR count). The quantitative estimate of drug-likeness (QED) is 0.517. The van der Waals surface area contributed by atoms with Crippen LogP contribution in [0.1, 0.15) is 29.7 Å². The normalized spacial score (nSPS) is 22.3. The smallest absolute Gasteiger partial charge is 0.430 e. The van der Waals surface area contributed by atoms with Crippen molar-refractivity contribution in [1.82, 2.24) is 4.90 Å². The summed E-state index contributed by atoms with van der Waals surface area (Å²) >= 11 is 1.58. The van der Waals surface area contributed by atoms with E-state index in [-0.39, 0.29) is 17.4 Å². The lowest BCUT2D eigenvalue weighted by atomic mass is 9.88. The van der Waals surface area contributed by atoms with Gasteiger partial charge in [-0.3, -0.25) is 4.79 Å². The van der Waals surface area contributed by atoms with Gasteiger partial charge in [0.15, 0.2) is 0 Å². The first-order valence-electron chi connectivity index (χ1n) is 10.7. The van der Waals surface area contributed by atoms with E-state index in [4.69, 9.17) is 4.74 Å². The molecule has 1 saturated heterocycles. The van der Waals surface area contributed by atoms with Gasteiger partial charge in [0.1, 0.15) is 5.75 Å². The topological polar surface area (TPSA) is 49.8 Å². The Balaban J connectivity index is 1.52. The molecule has 33 heavy (non-hydrogen) atoms. The Morgan fingerprint density at radius 2 is 1.88 bits per heavy atom. The van der Waals surface area contributed by atoms with Gasteiger partial charge in [-0.25, -0.2) is 0 Å². The predicted octanol–water partition coefficient (Wildman–Crippen LogP) is 5.86. The van der Waals surface area contributed by atoms with Crippen molar-refractivity contribution in [2.75, 3.05) is 7.11 Å². The number of alkyl halides is 3. The van der Waals surface area contributed by atoms with E-state index in [1.165, 1.54) is 29.2 Å². The zero-order valence-electron chi connectivity index (χ0n) is 17.8. The molecular formula is C25H22F3NO3S. The zero-order valence-corrected chi connectivity index (χ0v) is 18.6. The second-order valence-electron chi connectivity index (χ2n) is 8.49. The number of ether oxygens (including phenoxy) is 1. The highest BCUT2D eigenvalue weighted by molar-refractivity contribution is 7.20. The van der Waals surface area contributed by atoms with Crippen LogP contribution in [0.2, 0.25) is 0 Å². The minimum atomic E-state index is -4.92. The number of phenolic OH excluding ortho intramolecular Hbond substituents is 1. The van der Waals surface area contributed by atoms with Gasteiger partial charge < -0.3 is 14.7 Å². The maximum atomic E-state index is 14.4. The van der Waals surface area contributed by atoms with Crippen molar-refractivity contribution in [3.05, 3.63) is 71.1 Å². The highest BCUT2D eigenvalue weighted by atomic mass is 32.1. The van der Waals surface area contributed by atoms with E-state index >= 15 is 0 Å². The minimum Gasteiger partial charge on any atom is -0.508 e. The van der Waals surface area contributed by atoms with Crippen molar-refractivity contribution in [3.63, 3.8) is 0 Å². The fraction of sp³-hybridized carbons (Fsp3) is 0.320. The predicted molar refractivity (Wildman–Crippen MR) is 121 cm³/mol. The molecule has 3 heterocycles. The molecule has 3 atom stereocenters. The van der Waals surface area contributed by atoms with Crippen LogP contribution in [0.3, 0.4) is 0 Å². The number of hydrogen-bond acceptors (Lipinski definition) is 4. The second kappa shape index (κ2) is 7.88. The molecule has 0 spiro atoms. The summed E-state index contributed by atoms with van der Waals surface area (Å²) in [7, 11) is 0.943. The lowest BCUT2D eigenvalue weighted by molar-refractivity contribution is -0.271. The number of rotatable bonds is 4. The molecule has 2 aliphatic rings. The van der Waals surface area contributed by atoms with Crippen LogP contribution in [0, 0.1) is 0 Å². The number of phenols is 1. The first kappa shape index (κ1) is 22.0. The third-order valence-electron chi connectivity index (χ3n) is 6.63. The molecule has 0 aliphatic carbocycles. The third-order valence-corrected chi connectivity index (χ3v) is 7.82. The van der Waals surface area contributed by atoms with Gasteiger partial charge in [-0.15, -0.1) is 11.3 Å². The number of carbonyl (C=O) groups excluding carboxylic acids is 1. The first-order chi connectivity index (χ1) is 15.7. The number of methoxy groups -OCH3 is 1. The molecule has 4 nitrogen and oxygen atoms in total. The summed E-state index contributed by atoms with van der Waals surface area (Å²) < 4.78 is 49.3. The van der Waals surface area contributed by atoms with E-state index < -0.39 is 23.7 Å². The van der Waals surface area contributed by atoms with Crippen LogP contribution < -0.4 is 0 Å². The molecular weight excluding hydrogens is 451 g/mol. The summed E-state index contributed by atoms with van der Waals surface area (Å²) in [6, 6.07) is 13.5. The van der Waals surface area contributed by atoms with Gasteiger partial charge in [-0.05, 0) is 54.5 Å². The number of aromatic hydroxyl groups is 1. The fourth-order valence-corrected chi connectivity index (χ4v) is 6.18. The summed E-state index contributed by atoms with van der Waals surface area (Å²) in [6.07, 6.45) is -1.27. The average Bonchev–Trinajstić information content (AvgIpc) is 3.31. The Hall–Kier alpha value is -2.84. The fourth-order valence-electron chi connectivity index (χ4n) is 5.10. The number of benzene rings is 2. The molecule has 1 amide bonds. The van der Waals surface area contributed by atoms with Crippen LogP contribution in [0.15, 0.2) is 60.7 Å². The monoisotopic (exact) mass is 473 g/mol. The van der Waals surface area contributed by atoms with Crippen LogP contribution in [-0.4, -0.2) is 41.3 Å². The Morgan fingerprint density at radius 3 is 2.55 bits per heavy atom. The van der Waals surface area contributed by atoms with E-state index in [1.807, 2.05) is 18.2 Å². The molecule has 1 aromatic heterocycles. The van der Waals surface area contributed by atoms with Gasteiger partial charge in [0, 0.05) is 28.3 Å². The van der Waals surface area contributed by atoms with Crippen molar-refractivity contribution in [2.24, 2.45) is 0 Å². The van der Waals surface area contributed by atoms with Gasteiger partial charge >= 0.3 is 6.18 Å². The molecule has 8 heteroatoms. The molecule has 3 aromatic rings. The average molecular weight is 474 g/mol. The summed E-state index contributed by atoms with van der Waals surface area (Å²) in [4.78, 5) is 16.0. The number of halogens is 3. The number of amides is 1. The van der Waals surface area contributed by atoms with Gasteiger partial charge in [-0.2, -0.15) is 13.2 Å². The van der Waals surface area contributed by atoms with E-state index in [2.05, 4.69) is 0 Å². The Bertz CT molecular complexity index is 1240. The molecule has 2 aromatic carbocycles. The van der Waals surface area contributed by atoms with E-state index in [0.717, 1.165) is 27.6 Å². The van der Waals surface area contributed by atoms with Crippen LogP contribution in [0.4, 0.5) is 13.2 Å². The molecule has 0 saturated carbocycles. The molecule has 1 fully saturated rings. The number of carbonyl (C=O) groups is 1. The second-order valence-corrected chi connectivity index (χ2v) is 9.57. The highest BCUT2D eigenvalue weighted by Gasteiger charge is 2.65. The minimum absolute atomic E-state index is 0.185. The van der Waals surface area contributed by atoms with Gasteiger partial charge in [-0.1, -0.05) is 36.4 Å². The number of thiophene rings is 1. The summed E-state index contributed by atoms with van der Waals surface area (Å²) in [5.74, 6) is -0.877. The molecule has 0 unspecified atom stereocenters. The van der Waals surface area contributed by atoms with E-state index in [9.17, 15) is 23.1 Å². The summed E-state index contributed by atoms with van der Waals surface area (Å²) in [5, 5.41) is 10.7. The van der Waals surface area contributed by atoms with Crippen molar-refractivity contribution in [3.8, 4) is 5.75 Å². The lowest BCUT2D eigenvalue weighted by Crippen LogP contribution is -2.59. The standard InChI is InChI=1S/C25H22F3NO3S/c1-32-24(25(26,27)28,17-5-3-2-4-6-17)23(31)29-18-7-8-19(29)12-15(11-18)22-14-16-13-20(30)9-10-21(16)33-22/h2-6,9-11,13-14,18-19,30H,7-8,12H2,1H3/t18-,19+,24-/m1/s1. The molecule has 172 valence electrons. The maximum absolute atomic E-state index is 14.4. The number of hydrogen-bond donors (Lipinski definition) is 1.